The molecule has 0 saturated heterocycles. The molecule has 0 saturated carbocycles. The van der Waals surface area contributed by atoms with Crippen LogP contribution in [0.25, 0.3) is 0 Å². The van der Waals surface area contributed by atoms with Gasteiger partial charge in [0.1, 0.15) is 12.4 Å². The van der Waals surface area contributed by atoms with E-state index in [0.717, 1.165) is 22.4 Å². The summed E-state index contributed by atoms with van der Waals surface area (Å²) in [6.07, 6.45) is 1.69. The van der Waals surface area contributed by atoms with Crippen LogP contribution in [0.1, 0.15) is 29.5 Å². The highest BCUT2D eigenvalue weighted by Gasteiger charge is 2.06. The molecular formula is C25H25N3O3. The van der Waals surface area contributed by atoms with E-state index < -0.39 is 0 Å². The molecule has 2 N–H and O–H groups in total. The second-order valence-electron chi connectivity index (χ2n) is 7.05. The molecule has 6 heteroatoms. The fourth-order valence-corrected chi connectivity index (χ4v) is 2.71. The first-order valence-corrected chi connectivity index (χ1v) is 10.0. The van der Waals surface area contributed by atoms with E-state index in [2.05, 4.69) is 15.8 Å². The molecule has 0 radical (unpaired) electrons. The van der Waals surface area contributed by atoms with E-state index in [1.807, 2.05) is 85.8 Å². The smallest absolute Gasteiger partial charge is 0.240 e. The number of nitrogens with zero attached hydrogens (tertiary/aromatic N) is 1. The van der Waals surface area contributed by atoms with Crippen LogP contribution in [-0.2, 0) is 16.2 Å². The summed E-state index contributed by atoms with van der Waals surface area (Å²) in [5, 5.41) is 6.70. The lowest BCUT2D eigenvalue weighted by Crippen LogP contribution is -2.20. The summed E-state index contributed by atoms with van der Waals surface area (Å²) in [4.78, 5) is 23.8. The molecule has 3 aromatic rings. The number of hydrazone groups is 1. The van der Waals surface area contributed by atoms with Crippen molar-refractivity contribution in [1.82, 2.24) is 5.43 Å². The summed E-state index contributed by atoms with van der Waals surface area (Å²) in [5.74, 6) is 0.219. The lowest BCUT2D eigenvalue weighted by Gasteiger charge is -2.06. The Bertz CT molecular complexity index is 1010. The average molecular weight is 415 g/mol. The predicted octanol–water partition coefficient (Wildman–Crippen LogP) is 4.44. The van der Waals surface area contributed by atoms with Crippen LogP contribution in [-0.4, -0.2) is 18.0 Å². The average Bonchev–Trinajstić information content (AvgIpc) is 2.79. The maximum absolute atomic E-state index is 11.9. The van der Waals surface area contributed by atoms with Gasteiger partial charge in [-0.25, -0.2) is 5.43 Å². The highest BCUT2D eigenvalue weighted by Crippen LogP contribution is 2.13. The minimum atomic E-state index is -0.321. The van der Waals surface area contributed by atoms with Crippen molar-refractivity contribution in [3.8, 4) is 5.75 Å². The van der Waals surface area contributed by atoms with Gasteiger partial charge in [-0.15, -0.1) is 0 Å². The van der Waals surface area contributed by atoms with Gasteiger partial charge in [0.15, 0.2) is 0 Å². The fraction of sp³-hybridized carbons (Fsp3) is 0.160. The van der Waals surface area contributed by atoms with Gasteiger partial charge in [0.25, 0.3) is 0 Å². The lowest BCUT2D eigenvalue weighted by atomic mass is 10.2. The molecule has 0 aliphatic carbocycles. The largest absolute Gasteiger partial charge is 0.489 e. The van der Waals surface area contributed by atoms with Gasteiger partial charge in [-0.2, -0.15) is 5.10 Å². The zero-order chi connectivity index (χ0) is 21.9. The SMILES string of the molecule is Cc1ccc(NC(=O)CCC(=O)NN=Cc2ccc(OCc3ccccc3)cc2)cc1. The Hall–Kier alpha value is -3.93. The van der Waals surface area contributed by atoms with Crippen molar-refractivity contribution in [2.24, 2.45) is 5.10 Å². The Labute approximate surface area is 182 Å². The summed E-state index contributed by atoms with van der Waals surface area (Å²) < 4.78 is 5.74. The van der Waals surface area contributed by atoms with Crippen molar-refractivity contribution in [1.29, 1.82) is 0 Å². The van der Waals surface area contributed by atoms with Crippen molar-refractivity contribution < 1.29 is 14.3 Å². The molecule has 0 unspecified atom stereocenters. The molecular weight excluding hydrogens is 390 g/mol. The van der Waals surface area contributed by atoms with Crippen molar-refractivity contribution in [3.05, 3.63) is 95.6 Å². The summed E-state index contributed by atoms with van der Waals surface area (Å²) in [6.45, 7) is 2.48. The van der Waals surface area contributed by atoms with Crippen LogP contribution in [0.5, 0.6) is 5.75 Å². The number of nitrogens with one attached hydrogen (secondary N) is 2. The molecule has 31 heavy (non-hydrogen) atoms. The highest BCUT2D eigenvalue weighted by molar-refractivity contribution is 5.93. The van der Waals surface area contributed by atoms with Gasteiger partial charge in [0.2, 0.25) is 11.8 Å². The van der Waals surface area contributed by atoms with Gasteiger partial charge in [-0.3, -0.25) is 9.59 Å². The standard InChI is InChI=1S/C25H25N3O3/c1-19-7-11-22(12-8-19)27-24(29)15-16-25(30)28-26-17-20-9-13-23(14-10-20)31-18-21-5-3-2-4-6-21/h2-14,17H,15-16,18H2,1H3,(H,27,29)(H,28,30). The Morgan fingerprint density at radius 1 is 0.871 bits per heavy atom. The van der Waals surface area contributed by atoms with Crippen LogP contribution >= 0.6 is 0 Å². The first kappa shape index (κ1) is 21.8. The molecule has 158 valence electrons. The van der Waals surface area contributed by atoms with Crippen LogP contribution in [0.2, 0.25) is 0 Å². The van der Waals surface area contributed by atoms with Crippen LogP contribution in [0.15, 0.2) is 84.0 Å². The predicted molar refractivity (Wildman–Crippen MR) is 122 cm³/mol. The molecule has 0 fully saturated rings. The zero-order valence-corrected chi connectivity index (χ0v) is 17.4. The number of hydrogen-bond donors (Lipinski definition) is 2. The second-order valence-corrected chi connectivity index (χ2v) is 7.05. The van der Waals surface area contributed by atoms with Gasteiger partial charge in [-0.05, 0) is 54.4 Å². The number of carbonyl (C=O) groups is 2. The van der Waals surface area contributed by atoms with Crippen LogP contribution in [0, 0.1) is 6.92 Å². The Morgan fingerprint density at radius 3 is 2.26 bits per heavy atom. The fourth-order valence-electron chi connectivity index (χ4n) is 2.71. The van der Waals surface area contributed by atoms with E-state index in [1.54, 1.807) is 6.21 Å². The number of ether oxygens (including phenoxy) is 1. The molecule has 6 nitrogen and oxygen atoms in total. The first-order valence-electron chi connectivity index (χ1n) is 10.0. The van der Waals surface area contributed by atoms with E-state index in [0.29, 0.717) is 12.3 Å². The van der Waals surface area contributed by atoms with Crippen LogP contribution < -0.4 is 15.5 Å². The second kappa shape index (κ2) is 11.3. The number of benzene rings is 3. The molecule has 0 aliphatic rings. The van der Waals surface area contributed by atoms with Gasteiger partial charge in [0.05, 0.1) is 6.21 Å². The van der Waals surface area contributed by atoms with Gasteiger partial charge in [0, 0.05) is 18.5 Å². The monoisotopic (exact) mass is 415 g/mol. The Morgan fingerprint density at radius 2 is 1.55 bits per heavy atom. The van der Waals surface area contributed by atoms with Crippen LogP contribution in [0.4, 0.5) is 5.69 Å². The number of anilines is 1. The van der Waals surface area contributed by atoms with Crippen molar-refractivity contribution in [2.75, 3.05) is 5.32 Å². The quantitative estimate of drug-likeness (QED) is 0.400. The topological polar surface area (TPSA) is 79.8 Å². The Kier molecular flexibility index (Phi) is 7.94. The normalized spacial score (nSPS) is 10.6. The third-order valence-electron chi connectivity index (χ3n) is 4.45. The van der Waals surface area contributed by atoms with Gasteiger partial charge >= 0.3 is 0 Å². The molecule has 2 amide bonds. The molecule has 3 aromatic carbocycles. The summed E-state index contributed by atoms with van der Waals surface area (Å²) in [6, 6.07) is 24.8. The molecule has 3 rings (SSSR count). The van der Waals surface area contributed by atoms with Gasteiger partial charge in [-0.1, -0.05) is 48.0 Å². The third kappa shape index (κ3) is 7.78. The summed E-state index contributed by atoms with van der Waals surface area (Å²) in [5.41, 5.74) is 6.19. The number of carbonyl (C=O) groups excluding carboxylic acids is 2. The van der Waals surface area contributed by atoms with E-state index in [-0.39, 0.29) is 24.7 Å². The van der Waals surface area contributed by atoms with E-state index in [9.17, 15) is 9.59 Å². The molecule has 0 aromatic heterocycles. The third-order valence-corrected chi connectivity index (χ3v) is 4.45. The lowest BCUT2D eigenvalue weighted by molar-refractivity contribution is -0.124. The number of amides is 2. The van der Waals surface area contributed by atoms with Crippen LogP contribution in [0.3, 0.4) is 0 Å². The van der Waals surface area contributed by atoms with E-state index in [4.69, 9.17) is 4.74 Å². The minimum Gasteiger partial charge on any atom is -0.489 e. The minimum absolute atomic E-state index is 0.0568. The molecule has 0 atom stereocenters. The van der Waals surface area contributed by atoms with Crippen molar-refractivity contribution in [2.45, 2.75) is 26.4 Å². The first-order chi connectivity index (χ1) is 15.1. The highest BCUT2D eigenvalue weighted by atomic mass is 16.5. The molecule has 0 aliphatic heterocycles. The van der Waals surface area contributed by atoms with Gasteiger partial charge < -0.3 is 10.1 Å². The maximum Gasteiger partial charge on any atom is 0.240 e. The van der Waals surface area contributed by atoms with Crippen molar-refractivity contribution in [3.63, 3.8) is 0 Å². The summed E-state index contributed by atoms with van der Waals surface area (Å²) in [7, 11) is 0. The molecule has 0 spiro atoms. The van der Waals surface area contributed by atoms with Crippen molar-refractivity contribution >= 4 is 23.7 Å². The number of hydrogen-bond acceptors (Lipinski definition) is 4. The zero-order valence-electron chi connectivity index (χ0n) is 17.4. The number of rotatable bonds is 9. The maximum atomic E-state index is 11.9. The van der Waals surface area contributed by atoms with E-state index >= 15 is 0 Å². The molecule has 0 heterocycles. The van der Waals surface area contributed by atoms with E-state index in [1.165, 1.54) is 0 Å². The Balaban J connectivity index is 1.36. The number of aryl methyl sites for hydroxylation is 1. The molecule has 0 bridgehead atoms. The summed E-state index contributed by atoms with van der Waals surface area (Å²) >= 11 is 0.